The van der Waals surface area contributed by atoms with Crippen LogP contribution in [-0.4, -0.2) is 52.9 Å². The van der Waals surface area contributed by atoms with Gasteiger partial charge in [-0.05, 0) is 65.4 Å². The van der Waals surface area contributed by atoms with Gasteiger partial charge < -0.3 is 29.2 Å². The molecule has 0 spiro atoms. The first-order chi connectivity index (χ1) is 24.0. The summed E-state index contributed by atoms with van der Waals surface area (Å²) in [5.74, 6) is 1.38. The molecule has 49 heavy (non-hydrogen) atoms. The van der Waals surface area contributed by atoms with E-state index < -0.39 is 5.60 Å². The molecule has 0 radical (unpaired) electrons. The second-order valence-electron chi connectivity index (χ2n) is 12.1. The summed E-state index contributed by atoms with van der Waals surface area (Å²) in [5, 5.41) is 0. The van der Waals surface area contributed by atoms with Crippen LogP contribution in [0.15, 0.2) is 122 Å². The number of benzene rings is 4. The van der Waals surface area contributed by atoms with Crippen LogP contribution >= 0.6 is 0 Å². The number of imidazole rings is 1. The highest BCUT2D eigenvalue weighted by Crippen LogP contribution is 2.48. The molecule has 0 saturated heterocycles. The van der Waals surface area contributed by atoms with Gasteiger partial charge in [-0.2, -0.15) is 0 Å². The predicted octanol–water partition coefficient (Wildman–Crippen LogP) is 6.47. The third kappa shape index (κ3) is 6.07. The first kappa shape index (κ1) is 31.8. The zero-order valence-electron chi connectivity index (χ0n) is 27.3. The zero-order valence-corrected chi connectivity index (χ0v) is 27.3. The first-order valence-corrected chi connectivity index (χ1v) is 16.2. The Morgan fingerprint density at radius 3 is 1.98 bits per heavy atom. The number of rotatable bonds is 12. The summed E-state index contributed by atoms with van der Waals surface area (Å²) in [4.78, 5) is 26.2. The highest BCUT2D eigenvalue weighted by atomic mass is 16.5. The van der Waals surface area contributed by atoms with Gasteiger partial charge in [-0.1, -0.05) is 72.8 Å². The summed E-state index contributed by atoms with van der Waals surface area (Å²) < 4.78 is 26.2. The Hall–Kier alpha value is -5.74. The third-order valence-electron chi connectivity index (χ3n) is 9.49. The van der Waals surface area contributed by atoms with E-state index in [2.05, 4.69) is 27.1 Å². The highest BCUT2D eigenvalue weighted by Gasteiger charge is 2.46. The molecule has 0 bridgehead atoms. The second kappa shape index (κ2) is 13.8. The molecule has 0 amide bonds. The van der Waals surface area contributed by atoms with E-state index in [0.717, 1.165) is 34.6 Å². The summed E-state index contributed by atoms with van der Waals surface area (Å²) in [5.41, 5.74) is 9.70. The van der Waals surface area contributed by atoms with Crippen LogP contribution in [0.3, 0.4) is 0 Å². The van der Waals surface area contributed by atoms with E-state index in [1.165, 1.54) is 6.33 Å². The molecule has 1 aliphatic rings. The minimum Gasteiger partial charge on any atom is -0.497 e. The summed E-state index contributed by atoms with van der Waals surface area (Å²) in [6.07, 6.45) is 3.93. The maximum Gasteiger partial charge on any atom is 0.338 e. The van der Waals surface area contributed by atoms with Gasteiger partial charge in [0.15, 0.2) is 11.5 Å². The molecule has 10 nitrogen and oxygen atoms in total. The standard InChI is InChI=1S/C39H37N5O5/c1-46-31-17-13-29(14-18-31)39(28-11-7-4-8-12-28,30-15-19-32(47-2)20-16-30)49-22-27-21-34(44-25-43-35-36(40)41-24-42-37(35)44)33(27)23-48-38(45)26-9-5-3-6-10-26/h3-20,24-25,27,33-34H,21-23H2,1-2H3,(H2,40,41,42)/t27-,33-,34-/m1/s1. The molecular formula is C39H37N5O5. The molecule has 1 saturated carbocycles. The molecule has 2 aromatic heterocycles. The van der Waals surface area contributed by atoms with Crippen LogP contribution in [0.2, 0.25) is 0 Å². The van der Waals surface area contributed by atoms with E-state index in [1.54, 1.807) is 32.7 Å². The Labute approximate surface area is 284 Å². The maximum atomic E-state index is 13.1. The number of nitrogens with two attached hydrogens (primary N) is 1. The van der Waals surface area contributed by atoms with E-state index >= 15 is 0 Å². The molecule has 0 unspecified atom stereocenters. The first-order valence-electron chi connectivity index (χ1n) is 16.2. The minimum absolute atomic E-state index is 0.0322. The van der Waals surface area contributed by atoms with Crippen LogP contribution in [0.4, 0.5) is 5.82 Å². The van der Waals surface area contributed by atoms with Gasteiger partial charge in [0.2, 0.25) is 0 Å². The van der Waals surface area contributed by atoms with Crippen LogP contribution in [-0.2, 0) is 15.1 Å². The quantitative estimate of drug-likeness (QED) is 0.117. The number of ether oxygens (including phenoxy) is 4. The fraction of sp³-hybridized carbons (Fsp3) is 0.231. The number of fused-ring (bicyclic) bond motifs is 1. The van der Waals surface area contributed by atoms with Gasteiger partial charge in [-0.25, -0.2) is 19.7 Å². The molecule has 3 atom stereocenters. The molecule has 1 aliphatic carbocycles. The fourth-order valence-corrected chi connectivity index (χ4v) is 6.79. The van der Waals surface area contributed by atoms with Crippen LogP contribution in [0.5, 0.6) is 11.5 Å². The van der Waals surface area contributed by atoms with E-state index in [0.29, 0.717) is 29.2 Å². The predicted molar refractivity (Wildman–Crippen MR) is 185 cm³/mol. The van der Waals surface area contributed by atoms with Crippen LogP contribution in [0.25, 0.3) is 11.2 Å². The van der Waals surface area contributed by atoms with E-state index in [-0.39, 0.29) is 30.5 Å². The number of hydrogen-bond donors (Lipinski definition) is 1. The van der Waals surface area contributed by atoms with Gasteiger partial charge in [0.25, 0.3) is 0 Å². The van der Waals surface area contributed by atoms with Gasteiger partial charge in [-0.3, -0.25) is 0 Å². The minimum atomic E-state index is -0.973. The van der Waals surface area contributed by atoms with E-state index in [1.807, 2.05) is 89.5 Å². The molecule has 10 heteroatoms. The monoisotopic (exact) mass is 655 g/mol. The normalized spacial score (nSPS) is 17.3. The number of carbonyl (C=O) groups excluding carboxylic acids is 1. The Morgan fingerprint density at radius 2 is 1.37 bits per heavy atom. The number of hydrogen-bond acceptors (Lipinski definition) is 9. The molecule has 248 valence electrons. The number of aromatic nitrogens is 4. The molecular weight excluding hydrogens is 618 g/mol. The Morgan fingerprint density at radius 1 is 0.776 bits per heavy atom. The van der Waals surface area contributed by atoms with Crippen molar-refractivity contribution in [1.82, 2.24) is 19.5 Å². The Balaban J connectivity index is 1.25. The van der Waals surface area contributed by atoms with Crippen molar-refractivity contribution < 1.29 is 23.7 Å². The van der Waals surface area contributed by atoms with Crippen LogP contribution in [0.1, 0.15) is 39.5 Å². The van der Waals surface area contributed by atoms with E-state index in [9.17, 15) is 4.79 Å². The number of methoxy groups -OCH3 is 2. The lowest BCUT2D eigenvalue weighted by Gasteiger charge is -2.46. The van der Waals surface area contributed by atoms with Crippen molar-refractivity contribution in [2.75, 3.05) is 33.2 Å². The molecule has 7 rings (SSSR count). The Bertz CT molecular complexity index is 1970. The van der Waals surface area contributed by atoms with Crippen molar-refractivity contribution in [3.05, 3.63) is 144 Å². The average Bonchev–Trinajstić information content (AvgIpc) is 3.58. The van der Waals surface area contributed by atoms with Crippen molar-refractivity contribution in [2.45, 2.75) is 18.1 Å². The lowest BCUT2D eigenvalue weighted by Crippen LogP contribution is -2.46. The summed E-state index contributed by atoms with van der Waals surface area (Å²) in [7, 11) is 3.31. The summed E-state index contributed by atoms with van der Waals surface area (Å²) >= 11 is 0. The van der Waals surface area contributed by atoms with Gasteiger partial charge in [0, 0.05) is 12.0 Å². The summed E-state index contributed by atoms with van der Waals surface area (Å²) in [6, 6.07) is 35.1. The van der Waals surface area contributed by atoms with Gasteiger partial charge in [0.05, 0.1) is 39.3 Å². The topological polar surface area (TPSA) is 124 Å². The van der Waals surface area contributed by atoms with Crippen molar-refractivity contribution in [2.24, 2.45) is 11.8 Å². The third-order valence-corrected chi connectivity index (χ3v) is 9.49. The van der Waals surface area contributed by atoms with Gasteiger partial charge in [0.1, 0.15) is 28.9 Å². The van der Waals surface area contributed by atoms with Gasteiger partial charge in [-0.15, -0.1) is 0 Å². The molecule has 4 aromatic carbocycles. The Kier molecular flexibility index (Phi) is 8.95. The van der Waals surface area contributed by atoms with Crippen molar-refractivity contribution >= 4 is 23.0 Å². The fourth-order valence-electron chi connectivity index (χ4n) is 6.79. The number of anilines is 1. The van der Waals surface area contributed by atoms with Crippen molar-refractivity contribution in [1.29, 1.82) is 0 Å². The van der Waals surface area contributed by atoms with Crippen LogP contribution in [0, 0.1) is 11.8 Å². The number of nitrogen functional groups attached to an aromatic ring is 1. The molecule has 2 N–H and O–H groups in total. The molecule has 1 fully saturated rings. The SMILES string of the molecule is COc1ccc(C(OC[C@H]2C[C@@H](n3cnc4c(N)ncnc43)[C@@H]2COC(=O)c2ccccc2)(c2ccccc2)c2ccc(OC)cc2)cc1. The number of carbonyl (C=O) groups is 1. The number of esters is 1. The molecule has 0 aliphatic heterocycles. The summed E-state index contributed by atoms with van der Waals surface area (Å²) in [6.45, 7) is 0.566. The second-order valence-corrected chi connectivity index (χ2v) is 12.1. The lowest BCUT2D eigenvalue weighted by atomic mass is 9.69. The van der Waals surface area contributed by atoms with Gasteiger partial charge >= 0.3 is 5.97 Å². The maximum absolute atomic E-state index is 13.1. The highest BCUT2D eigenvalue weighted by molar-refractivity contribution is 5.89. The van der Waals surface area contributed by atoms with Crippen molar-refractivity contribution in [3.8, 4) is 11.5 Å². The number of nitrogens with zero attached hydrogens (tertiary/aromatic N) is 4. The zero-order chi connectivity index (χ0) is 33.8. The molecule has 2 heterocycles. The van der Waals surface area contributed by atoms with Crippen LogP contribution < -0.4 is 15.2 Å². The average molecular weight is 656 g/mol. The van der Waals surface area contributed by atoms with E-state index in [4.69, 9.17) is 24.7 Å². The smallest absolute Gasteiger partial charge is 0.338 e. The lowest BCUT2D eigenvalue weighted by molar-refractivity contribution is -0.0763. The van der Waals surface area contributed by atoms with Crippen molar-refractivity contribution in [3.63, 3.8) is 0 Å². The molecule has 6 aromatic rings. The largest absolute Gasteiger partial charge is 0.497 e.